The second-order valence-corrected chi connectivity index (χ2v) is 5.55. The molecule has 1 fully saturated rings. The first kappa shape index (κ1) is 14.5. The van der Waals surface area contributed by atoms with Crippen molar-refractivity contribution in [2.75, 3.05) is 7.11 Å². The van der Waals surface area contributed by atoms with Gasteiger partial charge in [-0.2, -0.15) is 0 Å². The van der Waals surface area contributed by atoms with Gasteiger partial charge >= 0.3 is 5.97 Å². The highest BCUT2D eigenvalue weighted by atomic mass is 16.5. The van der Waals surface area contributed by atoms with Crippen molar-refractivity contribution in [3.05, 3.63) is 42.0 Å². The summed E-state index contributed by atoms with van der Waals surface area (Å²) in [6, 6.07) is 9.81. The predicted molar refractivity (Wildman–Crippen MR) is 77.9 cm³/mol. The van der Waals surface area contributed by atoms with Crippen molar-refractivity contribution in [1.82, 2.24) is 0 Å². The van der Waals surface area contributed by atoms with Gasteiger partial charge in [0.2, 0.25) is 0 Å². The van der Waals surface area contributed by atoms with Crippen molar-refractivity contribution < 1.29 is 14.3 Å². The molecule has 0 heterocycles. The lowest BCUT2D eigenvalue weighted by Gasteiger charge is -2.15. The molecular formula is C17H20O3. The van der Waals surface area contributed by atoms with Crippen LogP contribution in [0.2, 0.25) is 0 Å². The van der Waals surface area contributed by atoms with Crippen molar-refractivity contribution in [3.8, 4) is 0 Å². The summed E-state index contributed by atoms with van der Waals surface area (Å²) in [6.07, 6.45) is 5.96. The zero-order valence-corrected chi connectivity index (χ0v) is 12.0. The van der Waals surface area contributed by atoms with Gasteiger partial charge in [-0.3, -0.25) is 9.59 Å². The summed E-state index contributed by atoms with van der Waals surface area (Å²) >= 11 is 0. The average molecular weight is 272 g/mol. The number of rotatable bonds is 6. The van der Waals surface area contributed by atoms with Gasteiger partial charge in [-0.15, -0.1) is 0 Å². The van der Waals surface area contributed by atoms with Gasteiger partial charge in [-0.05, 0) is 24.8 Å². The van der Waals surface area contributed by atoms with E-state index in [2.05, 4.69) is 0 Å². The molecule has 1 atom stereocenters. The van der Waals surface area contributed by atoms with Gasteiger partial charge in [0.1, 0.15) is 5.92 Å². The number of hydrogen-bond donors (Lipinski definition) is 0. The van der Waals surface area contributed by atoms with E-state index in [1.807, 2.05) is 49.4 Å². The normalized spacial score (nSPS) is 17.7. The molecule has 106 valence electrons. The van der Waals surface area contributed by atoms with Crippen LogP contribution in [0, 0.1) is 11.3 Å². The molecule has 1 aromatic rings. The molecule has 0 radical (unpaired) electrons. The lowest BCUT2D eigenvalue weighted by Crippen LogP contribution is -2.30. The van der Waals surface area contributed by atoms with Crippen LogP contribution in [0.5, 0.6) is 0 Å². The Morgan fingerprint density at radius 1 is 1.30 bits per heavy atom. The molecule has 1 aliphatic carbocycles. The number of allylic oxidation sites excluding steroid dienone is 1. The van der Waals surface area contributed by atoms with E-state index in [9.17, 15) is 9.59 Å². The van der Waals surface area contributed by atoms with Crippen molar-refractivity contribution in [1.29, 1.82) is 0 Å². The monoisotopic (exact) mass is 272 g/mol. The van der Waals surface area contributed by atoms with E-state index in [1.165, 1.54) is 7.11 Å². The first-order chi connectivity index (χ1) is 9.57. The minimum Gasteiger partial charge on any atom is -0.468 e. The molecule has 3 heteroatoms. The number of ketones is 1. The van der Waals surface area contributed by atoms with E-state index in [0.717, 1.165) is 18.4 Å². The number of carbonyl (C=O) groups excluding carboxylic acids is 2. The largest absolute Gasteiger partial charge is 0.468 e. The lowest BCUT2D eigenvalue weighted by molar-refractivity contribution is -0.150. The lowest BCUT2D eigenvalue weighted by atomic mass is 9.89. The predicted octanol–water partition coefficient (Wildman–Crippen LogP) is 3.25. The van der Waals surface area contributed by atoms with Crippen LogP contribution in [0.3, 0.4) is 0 Å². The molecule has 1 unspecified atom stereocenters. The number of esters is 1. The third-order valence-electron chi connectivity index (χ3n) is 3.88. The summed E-state index contributed by atoms with van der Waals surface area (Å²) in [5, 5.41) is 0. The number of ether oxygens (including phenoxy) is 1. The van der Waals surface area contributed by atoms with E-state index >= 15 is 0 Å². The quantitative estimate of drug-likeness (QED) is 0.590. The zero-order chi connectivity index (χ0) is 14.6. The standard InChI is InChI=1S/C17H20O3/c1-17(11-12-17)15(18)14(16(19)20-2)10-6-9-13-7-4-3-5-8-13/h3-9,14H,10-12H2,1-2H3. The molecule has 0 spiro atoms. The molecule has 1 saturated carbocycles. The highest BCUT2D eigenvalue weighted by Crippen LogP contribution is 2.48. The highest BCUT2D eigenvalue weighted by Gasteiger charge is 2.49. The Hall–Kier alpha value is -1.90. The van der Waals surface area contributed by atoms with Crippen LogP contribution < -0.4 is 0 Å². The summed E-state index contributed by atoms with van der Waals surface area (Å²) in [5.41, 5.74) is 0.751. The fourth-order valence-electron chi connectivity index (χ4n) is 2.21. The minimum atomic E-state index is -0.674. The first-order valence-corrected chi connectivity index (χ1v) is 6.90. The summed E-state index contributed by atoms with van der Waals surface area (Å²) in [6.45, 7) is 1.92. The number of hydrogen-bond acceptors (Lipinski definition) is 3. The maximum absolute atomic E-state index is 12.3. The molecule has 3 nitrogen and oxygen atoms in total. The summed E-state index contributed by atoms with van der Waals surface area (Å²) in [4.78, 5) is 24.1. The van der Waals surface area contributed by atoms with Gasteiger partial charge in [-0.25, -0.2) is 0 Å². The Morgan fingerprint density at radius 2 is 1.95 bits per heavy atom. The van der Waals surface area contributed by atoms with Gasteiger partial charge in [0.25, 0.3) is 0 Å². The van der Waals surface area contributed by atoms with Crippen molar-refractivity contribution in [3.63, 3.8) is 0 Å². The summed E-state index contributed by atoms with van der Waals surface area (Å²) in [5.74, 6) is -1.09. The number of carbonyl (C=O) groups is 2. The van der Waals surface area contributed by atoms with Gasteiger partial charge in [0, 0.05) is 5.41 Å². The van der Waals surface area contributed by atoms with Crippen LogP contribution in [0.25, 0.3) is 6.08 Å². The van der Waals surface area contributed by atoms with E-state index in [4.69, 9.17) is 4.74 Å². The van der Waals surface area contributed by atoms with Crippen LogP contribution in [0.15, 0.2) is 36.4 Å². The molecule has 0 bridgehead atoms. The molecule has 0 amide bonds. The third-order valence-corrected chi connectivity index (χ3v) is 3.88. The smallest absolute Gasteiger partial charge is 0.316 e. The fraction of sp³-hybridized carbons (Fsp3) is 0.412. The molecule has 20 heavy (non-hydrogen) atoms. The minimum absolute atomic E-state index is 0.0158. The Labute approximate surface area is 119 Å². The van der Waals surface area contributed by atoms with Crippen LogP contribution in [0.1, 0.15) is 31.7 Å². The number of methoxy groups -OCH3 is 1. The molecule has 0 saturated heterocycles. The van der Waals surface area contributed by atoms with Crippen LogP contribution in [-0.4, -0.2) is 18.9 Å². The molecule has 1 aromatic carbocycles. The van der Waals surface area contributed by atoms with Crippen molar-refractivity contribution in [2.45, 2.75) is 26.2 Å². The average Bonchev–Trinajstić information content (AvgIpc) is 3.22. The maximum atomic E-state index is 12.3. The van der Waals surface area contributed by atoms with Gasteiger partial charge in [0.05, 0.1) is 7.11 Å². The fourth-order valence-corrected chi connectivity index (χ4v) is 2.21. The number of benzene rings is 1. The summed E-state index contributed by atoms with van der Waals surface area (Å²) < 4.78 is 4.77. The second-order valence-electron chi connectivity index (χ2n) is 5.55. The molecule has 2 rings (SSSR count). The third kappa shape index (κ3) is 3.35. The van der Waals surface area contributed by atoms with Crippen molar-refractivity contribution >= 4 is 17.8 Å². The van der Waals surface area contributed by atoms with Gasteiger partial charge < -0.3 is 4.74 Å². The second kappa shape index (κ2) is 6.04. The highest BCUT2D eigenvalue weighted by molar-refractivity contribution is 6.03. The molecule has 1 aliphatic rings. The van der Waals surface area contributed by atoms with Gasteiger partial charge in [-0.1, -0.05) is 49.4 Å². The summed E-state index contributed by atoms with van der Waals surface area (Å²) in [7, 11) is 1.33. The van der Waals surface area contributed by atoms with E-state index in [-0.39, 0.29) is 11.2 Å². The molecule has 0 N–H and O–H groups in total. The van der Waals surface area contributed by atoms with Crippen LogP contribution in [0.4, 0.5) is 0 Å². The van der Waals surface area contributed by atoms with Crippen LogP contribution in [-0.2, 0) is 14.3 Å². The van der Waals surface area contributed by atoms with E-state index < -0.39 is 11.9 Å². The zero-order valence-electron chi connectivity index (χ0n) is 12.0. The number of Topliss-reactive ketones (excluding diaryl/α,β-unsaturated/α-hetero) is 1. The van der Waals surface area contributed by atoms with Crippen LogP contribution >= 0.6 is 0 Å². The topological polar surface area (TPSA) is 43.4 Å². The first-order valence-electron chi connectivity index (χ1n) is 6.90. The molecular weight excluding hydrogens is 252 g/mol. The Kier molecular flexibility index (Phi) is 4.38. The Bertz CT molecular complexity index is 512. The molecule has 0 aliphatic heterocycles. The van der Waals surface area contributed by atoms with Gasteiger partial charge in [0.15, 0.2) is 5.78 Å². The van der Waals surface area contributed by atoms with Crippen molar-refractivity contribution in [2.24, 2.45) is 11.3 Å². The maximum Gasteiger partial charge on any atom is 0.316 e. The van der Waals surface area contributed by atoms with E-state index in [0.29, 0.717) is 6.42 Å². The van der Waals surface area contributed by atoms with E-state index in [1.54, 1.807) is 0 Å². The SMILES string of the molecule is COC(=O)C(CC=Cc1ccccc1)C(=O)C1(C)CC1. The Balaban J connectivity index is 2.03. The molecule has 0 aromatic heterocycles. The Morgan fingerprint density at radius 3 is 2.50 bits per heavy atom.